The quantitative estimate of drug-likeness (QED) is 0.854. The molecule has 1 amide bonds. The van der Waals surface area contributed by atoms with Gasteiger partial charge in [0.15, 0.2) is 5.76 Å². The third-order valence-corrected chi connectivity index (χ3v) is 5.33. The second-order valence-corrected chi connectivity index (χ2v) is 6.78. The van der Waals surface area contributed by atoms with E-state index in [9.17, 15) is 4.79 Å². The number of nitrogens with one attached hydrogen (secondary N) is 1. The number of likely N-dealkylation sites (tertiary alicyclic amines) is 1. The maximum absolute atomic E-state index is 12.7. The van der Waals surface area contributed by atoms with Crippen molar-refractivity contribution < 1.29 is 9.21 Å². The van der Waals surface area contributed by atoms with Gasteiger partial charge >= 0.3 is 0 Å². The summed E-state index contributed by atoms with van der Waals surface area (Å²) in [5.74, 6) is 1.26. The summed E-state index contributed by atoms with van der Waals surface area (Å²) < 4.78 is 5.50. The fourth-order valence-corrected chi connectivity index (χ4v) is 3.73. The van der Waals surface area contributed by atoms with Crippen LogP contribution in [0.15, 0.2) is 52.0 Å². The third-order valence-electron chi connectivity index (χ3n) is 4.27. The maximum Gasteiger partial charge on any atom is 0.289 e. The Labute approximate surface area is 141 Å². The molecule has 1 aliphatic heterocycles. The van der Waals surface area contributed by atoms with Gasteiger partial charge in [-0.05, 0) is 38.1 Å². The van der Waals surface area contributed by atoms with Gasteiger partial charge in [0.05, 0.1) is 6.26 Å². The summed E-state index contributed by atoms with van der Waals surface area (Å²) in [6.07, 6.45) is 3.61. The van der Waals surface area contributed by atoms with Crippen LogP contribution in [0.2, 0.25) is 0 Å². The SMILES string of the molecule is CNC1CCN(C(=O)c2occc2CSc2ccccc2)CC1. The van der Waals surface area contributed by atoms with Crippen LogP contribution < -0.4 is 5.32 Å². The molecule has 1 N–H and O–H groups in total. The van der Waals surface area contributed by atoms with Crippen molar-refractivity contribution in [3.63, 3.8) is 0 Å². The second kappa shape index (κ2) is 7.70. The van der Waals surface area contributed by atoms with Crippen LogP contribution in [-0.4, -0.2) is 37.0 Å². The van der Waals surface area contributed by atoms with E-state index in [1.54, 1.807) is 18.0 Å². The van der Waals surface area contributed by atoms with Crippen LogP contribution in [0.25, 0.3) is 0 Å². The van der Waals surface area contributed by atoms with Crippen molar-refractivity contribution in [3.05, 3.63) is 54.0 Å². The van der Waals surface area contributed by atoms with Crippen molar-refractivity contribution in [2.24, 2.45) is 0 Å². The highest BCUT2D eigenvalue weighted by Gasteiger charge is 2.26. The van der Waals surface area contributed by atoms with E-state index in [0.29, 0.717) is 11.8 Å². The molecule has 0 spiro atoms. The first-order valence-electron chi connectivity index (χ1n) is 7.98. The largest absolute Gasteiger partial charge is 0.459 e. The average Bonchev–Trinajstić information content (AvgIpc) is 3.09. The van der Waals surface area contributed by atoms with Crippen LogP contribution in [-0.2, 0) is 5.75 Å². The van der Waals surface area contributed by atoms with Crippen LogP contribution in [0.5, 0.6) is 0 Å². The third kappa shape index (κ3) is 3.98. The van der Waals surface area contributed by atoms with Gasteiger partial charge in [-0.2, -0.15) is 0 Å². The van der Waals surface area contributed by atoms with Gasteiger partial charge in [0.2, 0.25) is 0 Å². The molecule has 0 radical (unpaired) electrons. The van der Waals surface area contributed by atoms with Crippen molar-refractivity contribution >= 4 is 17.7 Å². The molecule has 23 heavy (non-hydrogen) atoms. The van der Waals surface area contributed by atoms with Crippen molar-refractivity contribution in [2.75, 3.05) is 20.1 Å². The van der Waals surface area contributed by atoms with Gasteiger partial charge in [-0.3, -0.25) is 4.79 Å². The van der Waals surface area contributed by atoms with E-state index in [1.165, 1.54) is 4.90 Å². The lowest BCUT2D eigenvalue weighted by atomic mass is 10.0. The normalized spacial score (nSPS) is 15.8. The molecule has 3 rings (SSSR count). The number of carbonyl (C=O) groups is 1. The maximum atomic E-state index is 12.7. The van der Waals surface area contributed by atoms with Crippen molar-refractivity contribution in [1.82, 2.24) is 10.2 Å². The Morgan fingerprint density at radius 1 is 1.26 bits per heavy atom. The first-order chi connectivity index (χ1) is 11.3. The summed E-state index contributed by atoms with van der Waals surface area (Å²) in [6.45, 7) is 1.58. The van der Waals surface area contributed by atoms with Gasteiger partial charge in [-0.1, -0.05) is 18.2 Å². The van der Waals surface area contributed by atoms with Gasteiger partial charge in [0.25, 0.3) is 5.91 Å². The second-order valence-electron chi connectivity index (χ2n) is 5.73. The highest BCUT2D eigenvalue weighted by atomic mass is 32.2. The number of benzene rings is 1. The van der Waals surface area contributed by atoms with Crippen molar-refractivity contribution in [1.29, 1.82) is 0 Å². The molecular formula is C18H22N2O2S. The number of carbonyl (C=O) groups excluding carboxylic acids is 1. The Hall–Kier alpha value is -1.72. The van der Waals surface area contributed by atoms with Gasteiger partial charge in [-0.15, -0.1) is 11.8 Å². The Balaban J connectivity index is 1.62. The van der Waals surface area contributed by atoms with Crippen LogP contribution in [0.3, 0.4) is 0 Å². The minimum Gasteiger partial charge on any atom is -0.459 e. The summed E-state index contributed by atoms with van der Waals surface area (Å²) >= 11 is 1.72. The van der Waals surface area contributed by atoms with Gasteiger partial charge < -0.3 is 14.6 Å². The molecule has 1 aromatic carbocycles. The summed E-state index contributed by atoms with van der Waals surface area (Å²) in [5, 5.41) is 3.28. The minimum atomic E-state index is 0.0215. The highest BCUT2D eigenvalue weighted by Crippen LogP contribution is 2.26. The molecule has 2 aromatic rings. The number of nitrogens with zero attached hydrogens (tertiary/aromatic N) is 1. The van der Waals surface area contributed by atoms with Crippen molar-refractivity contribution in [2.45, 2.75) is 29.5 Å². The molecular weight excluding hydrogens is 308 g/mol. The number of rotatable bonds is 5. The summed E-state index contributed by atoms with van der Waals surface area (Å²) in [6, 6.07) is 12.6. The van der Waals surface area contributed by atoms with E-state index in [-0.39, 0.29) is 5.91 Å². The fourth-order valence-electron chi connectivity index (χ4n) is 2.83. The number of furan rings is 1. The molecule has 1 aromatic heterocycles. The topological polar surface area (TPSA) is 45.5 Å². The lowest BCUT2D eigenvalue weighted by Crippen LogP contribution is -2.44. The zero-order chi connectivity index (χ0) is 16.1. The molecule has 0 aliphatic carbocycles. The van der Waals surface area contributed by atoms with Crippen LogP contribution in [0.4, 0.5) is 0 Å². The molecule has 0 bridgehead atoms. The number of amides is 1. The molecule has 0 unspecified atom stereocenters. The number of hydrogen-bond donors (Lipinski definition) is 1. The molecule has 1 aliphatic rings. The Morgan fingerprint density at radius 2 is 2.00 bits per heavy atom. The van der Waals surface area contributed by atoms with Gasteiger partial charge in [-0.25, -0.2) is 0 Å². The van der Waals surface area contributed by atoms with E-state index in [2.05, 4.69) is 17.4 Å². The Kier molecular flexibility index (Phi) is 5.41. The Bertz CT molecular complexity index is 633. The van der Waals surface area contributed by atoms with E-state index in [0.717, 1.165) is 37.2 Å². The van der Waals surface area contributed by atoms with E-state index < -0.39 is 0 Å². The monoisotopic (exact) mass is 330 g/mol. The minimum absolute atomic E-state index is 0.0215. The van der Waals surface area contributed by atoms with Crippen LogP contribution in [0, 0.1) is 0 Å². The summed E-state index contributed by atoms with van der Waals surface area (Å²) in [5.41, 5.74) is 0.972. The first-order valence-corrected chi connectivity index (χ1v) is 8.97. The molecule has 1 fully saturated rings. The molecule has 2 heterocycles. The predicted octanol–water partition coefficient (Wildman–Crippen LogP) is 3.40. The highest BCUT2D eigenvalue weighted by molar-refractivity contribution is 7.98. The standard InChI is InChI=1S/C18H22N2O2S/c1-19-15-7-10-20(11-8-15)18(21)17-14(9-12-22-17)13-23-16-5-3-2-4-6-16/h2-6,9,12,15,19H,7-8,10-11,13H2,1H3. The van der Waals surface area contributed by atoms with Gasteiger partial charge in [0.1, 0.15) is 0 Å². The van der Waals surface area contributed by atoms with Crippen molar-refractivity contribution in [3.8, 4) is 0 Å². The zero-order valence-corrected chi connectivity index (χ0v) is 14.1. The summed E-state index contributed by atoms with van der Waals surface area (Å²) in [4.78, 5) is 15.8. The molecule has 5 heteroatoms. The molecule has 0 saturated carbocycles. The molecule has 4 nitrogen and oxygen atoms in total. The van der Waals surface area contributed by atoms with Gasteiger partial charge in [0, 0.05) is 35.3 Å². The Morgan fingerprint density at radius 3 is 2.70 bits per heavy atom. The number of thioether (sulfide) groups is 1. The molecule has 1 saturated heterocycles. The number of piperidine rings is 1. The average molecular weight is 330 g/mol. The van der Waals surface area contributed by atoms with E-state index in [4.69, 9.17) is 4.42 Å². The van der Waals surface area contributed by atoms with Crippen LogP contribution in [0.1, 0.15) is 29.0 Å². The smallest absolute Gasteiger partial charge is 0.289 e. The number of hydrogen-bond acceptors (Lipinski definition) is 4. The zero-order valence-electron chi connectivity index (χ0n) is 13.3. The van der Waals surface area contributed by atoms with E-state index in [1.807, 2.05) is 36.2 Å². The lowest BCUT2D eigenvalue weighted by Gasteiger charge is -2.31. The van der Waals surface area contributed by atoms with Crippen LogP contribution >= 0.6 is 11.8 Å². The molecule has 0 atom stereocenters. The molecule has 122 valence electrons. The first kappa shape index (κ1) is 16.1. The fraction of sp³-hybridized carbons (Fsp3) is 0.389. The lowest BCUT2D eigenvalue weighted by molar-refractivity contribution is 0.0674. The summed E-state index contributed by atoms with van der Waals surface area (Å²) in [7, 11) is 1.98. The van der Waals surface area contributed by atoms with E-state index >= 15 is 0 Å². The predicted molar refractivity (Wildman–Crippen MR) is 92.7 cm³/mol.